The highest BCUT2D eigenvalue weighted by molar-refractivity contribution is 5.86. The van der Waals surface area contributed by atoms with E-state index in [1.54, 1.807) is 35.6 Å². The number of carbonyl (C=O) groups excluding carboxylic acids is 2. The second kappa shape index (κ2) is 13.0. The van der Waals surface area contributed by atoms with Crippen LogP contribution in [0, 0.1) is 11.7 Å². The Hall–Kier alpha value is -3.91. The van der Waals surface area contributed by atoms with E-state index in [0.29, 0.717) is 12.5 Å². The molecule has 1 saturated carbocycles. The standard InChI is InChI=1S/C29H30F8N4O3/c1-27(31,32)15-38-25(42)19(13-29(35,36)37)18-7-8-20-23(21(18)30)40-24(39-20)22(17-9-11-28(33,34)12-10-17)41-26(43)44-14-16-5-3-2-4-6-16/h2-8,17,19,22H,9-15H2,1H3,(H,38,42)(H,39,40)(H,41,43)/t19?,22-/m0/s1. The lowest BCUT2D eigenvalue weighted by Gasteiger charge is -2.33. The molecular formula is C29H30F8N4O3. The number of carbonyl (C=O) groups is 2. The predicted molar refractivity (Wildman–Crippen MR) is 143 cm³/mol. The summed E-state index contributed by atoms with van der Waals surface area (Å²) in [5.41, 5.74) is -0.550. The van der Waals surface area contributed by atoms with E-state index in [1.807, 2.05) is 0 Å². The van der Waals surface area contributed by atoms with Gasteiger partial charge in [0.1, 0.15) is 17.9 Å². The smallest absolute Gasteiger partial charge is 0.408 e. The number of alkyl carbamates (subject to hydrolysis) is 1. The fourth-order valence-electron chi connectivity index (χ4n) is 5.13. The number of aromatic nitrogens is 2. The summed E-state index contributed by atoms with van der Waals surface area (Å²) in [4.78, 5) is 32.2. The van der Waals surface area contributed by atoms with Crippen LogP contribution in [0.2, 0.25) is 0 Å². The van der Waals surface area contributed by atoms with Gasteiger partial charge in [-0.05, 0) is 30.4 Å². The van der Waals surface area contributed by atoms with Crippen LogP contribution in [0.5, 0.6) is 0 Å². The number of imidazole rings is 1. The number of nitrogens with one attached hydrogen (secondary N) is 3. The molecule has 2 aromatic carbocycles. The lowest BCUT2D eigenvalue weighted by molar-refractivity contribution is -0.148. The number of fused-ring (bicyclic) bond motifs is 1. The van der Waals surface area contributed by atoms with Crippen molar-refractivity contribution in [2.24, 2.45) is 5.92 Å². The van der Waals surface area contributed by atoms with Gasteiger partial charge in [0.25, 0.3) is 5.92 Å². The molecule has 0 bridgehead atoms. The van der Waals surface area contributed by atoms with Gasteiger partial charge in [0.2, 0.25) is 11.8 Å². The maximum absolute atomic E-state index is 15.7. The first kappa shape index (κ1) is 33.0. The van der Waals surface area contributed by atoms with Gasteiger partial charge < -0.3 is 20.4 Å². The molecule has 0 saturated heterocycles. The second-order valence-corrected chi connectivity index (χ2v) is 11.0. The van der Waals surface area contributed by atoms with Gasteiger partial charge in [-0.2, -0.15) is 13.2 Å². The Balaban J connectivity index is 1.64. The number of halogens is 8. The topological polar surface area (TPSA) is 96.1 Å². The monoisotopic (exact) mass is 634 g/mol. The van der Waals surface area contributed by atoms with E-state index in [0.717, 1.165) is 12.1 Å². The summed E-state index contributed by atoms with van der Waals surface area (Å²) >= 11 is 0. The van der Waals surface area contributed by atoms with E-state index < -0.39 is 90.6 Å². The van der Waals surface area contributed by atoms with Crippen LogP contribution in [-0.4, -0.2) is 46.5 Å². The maximum atomic E-state index is 15.7. The molecule has 7 nitrogen and oxygen atoms in total. The lowest BCUT2D eigenvalue weighted by Crippen LogP contribution is -2.39. The number of rotatable bonds is 10. The summed E-state index contributed by atoms with van der Waals surface area (Å²) in [5.74, 6) is -11.9. The van der Waals surface area contributed by atoms with Gasteiger partial charge in [0, 0.05) is 25.3 Å². The first-order chi connectivity index (χ1) is 20.5. The van der Waals surface area contributed by atoms with E-state index in [-0.39, 0.29) is 30.8 Å². The van der Waals surface area contributed by atoms with Gasteiger partial charge in [-0.3, -0.25) is 4.79 Å². The Labute approximate surface area is 246 Å². The van der Waals surface area contributed by atoms with Crippen molar-refractivity contribution in [3.8, 4) is 0 Å². The molecule has 0 spiro atoms. The summed E-state index contributed by atoms with van der Waals surface area (Å²) in [6, 6.07) is 9.69. The number of aromatic amines is 1. The minimum Gasteiger partial charge on any atom is -0.445 e. The van der Waals surface area contributed by atoms with Crippen molar-refractivity contribution >= 4 is 23.0 Å². The number of hydrogen-bond donors (Lipinski definition) is 3. The van der Waals surface area contributed by atoms with Crippen molar-refractivity contribution < 1.29 is 49.4 Å². The molecule has 4 rings (SSSR count). The minimum atomic E-state index is -4.95. The first-order valence-corrected chi connectivity index (χ1v) is 13.8. The van der Waals surface area contributed by atoms with Gasteiger partial charge in [-0.1, -0.05) is 36.4 Å². The van der Waals surface area contributed by atoms with Crippen LogP contribution >= 0.6 is 0 Å². The Bertz CT molecular complexity index is 1450. The summed E-state index contributed by atoms with van der Waals surface area (Å²) in [6.45, 7) is -0.906. The Morgan fingerprint density at radius 3 is 2.34 bits per heavy atom. The zero-order valence-electron chi connectivity index (χ0n) is 23.4. The average molecular weight is 635 g/mol. The number of benzene rings is 2. The Kier molecular flexibility index (Phi) is 9.74. The van der Waals surface area contributed by atoms with Gasteiger partial charge in [-0.15, -0.1) is 0 Å². The number of hydrogen-bond acceptors (Lipinski definition) is 4. The normalized spacial score (nSPS) is 17.2. The number of alkyl halides is 7. The molecule has 2 atom stereocenters. The molecule has 240 valence electrons. The summed E-state index contributed by atoms with van der Waals surface area (Å²) in [6.07, 6.45) is -8.70. The Morgan fingerprint density at radius 1 is 1.07 bits per heavy atom. The van der Waals surface area contributed by atoms with E-state index in [1.165, 1.54) is 0 Å². The van der Waals surface area contributed by atoms with Crippen LogP contribution in [0.1, 0.15) is 67.9 Å². The molecule has 0 aliphatic heterocycles. The van der Waals surface area contributed by atoms with Crippen molar-refractivity contribution in [3.63, 3.8) is 0 Å². The van der Waals surface area contributed by atoms with Gasteiger partial charge >= 0.3 is 12.3 Å². The summed E-state index contributed by atoms with van der Waals surface area (Å²) < 4.78 is 115. The van der Waals surface area contributed by atoms with Crippen LogP contribution in [0.25, 0.3) is 11.0 Å². The van der Waals surface area contributed by atoms with Crippen LogP contribution in [-0.2, 0) is 16.1 Å². The number of amides is 2. The maximum Gasteiger partial charge on any atom is 0.408 e. The van der Waals surface area contributed by atoms with Crippen molar-refractivity contribution in [2.45, 2.75) is 75.6 Å². The van der Waals surface area contributed by atoms with Crippen molar-refractivity contribution in [3.05, 3.63) is 65.2 Å². The van der Waals surface area contributed by atoms with E-state index in [4.69, 9.17) is 4.74 Å². The van der Waals surface area contributed by atoms with Gasteiger partial charge in [0.05, 0.1) is 30.4 Å². The molecule has 1 heterocycles. The second-order valence-electron chi connectivity index (χ2n) is 11.0. The zero-order valence-corrected chi connectivity index (χ0v) is 23.4. The van der Waals surface area contributed by atoms with Crippen molar-refractivity contribution in [1.82, 2.24) is 20.6 Å². The van der Waals surface area contributed by atoms with E-state index in [2.05, 4.69) is 15.3 Å². The first-order valence-electron chi connectivity index (χ1n) is 13.8. The van der Waals surface area contributed by atoms with Crippen molar-refractivity contribution in [1.29, 1.82) is 0 Å². The highest BCUT2D eigenvalue weighted by atomic mass is 19.4. The van der Waals surface area contributed by atoms with Crippen LogP contribution < -0.4 is 10.6 Å². The molecule has 1 aromatic heterocycles. The molecule has 1 fully saturated rings. The predicted octanol–water partition coefficient (Wildman–Crippen LogP) is 7.30. The van der Waals surface area contributed by atoms with Crippen LogP contribution in [0.3, 0.4) is 0 Å². The molecule has 0 radical (unpaired) electrons. The largest absolute Gasteiger partial charge is 0.445 e. The SMILES string of the molecule is CC(F)(F)CNC(=O)C(CC(F)(F)F)c1ccc2[nH]c([C@@H](NC(=O)OCc3ccccc3)C3CCC(F)(F)CC3)nc2c1F. The minimum absolute atomic E-state index is 0.0156. The fourth-order valence-corrected chi connectivity index (χ4v) is 5.13. The Morgan fingerprint density at radius 2 is 1.73 bits per heavy atom. The highest BCUT2D eigenvalue weighted by Gasteiger charge is 2.41. The third-order valence-corrected chi connectivity index (χ3v) is 7.36. The molecule has 3 N–H and O–H groups in total. The summed E-state index contributed by atoms with van der Waals surface area (Å²) in [5, 5.41) is 4.32. The van der Waals surface area contributed by atoms with Crippen molar-refractivity contribution in [2.75, 3.05) is 6.54 Å². The van der Waals surface area contributed by atoms with E-state index in [9.17, 15) is 40.3 Å². The van der Waals surface area contributed by atoms with Crippen LogP contribution in [0.15, 0.2) is 42.5 Å². The molecule has 44 heavy (non-hydrogen) atoms. The van der Waals surface area contributed by atoms with Gasteiger partial charge in [0.15, 0.2) is 5.82 Å². The molecule has 3 aromatic rings. The molecule has 1 aliphatic carbocycles. The summed E-state index contributed by atoms with van der Waals surface area (Å²) in [7, 11) is 0. The number of ether oxygens (including phenoxy) is 1. The van der Waals surface area contributed by atoms with E-state index >= 15 is 4.39 Å². The molecule has 1 unspecified atom stereocenters. The zero-order chi connectivity index (χ0) is 32.3. The third-order valence-electron chi connectivity index (χ3n) is 7.36. The quantitative estimate of drug-likeness (QED) is 0.204. The van der Waals surface area contributed by atoms with Gasteiger partial charge in [-0.25, -0.2) is 31.7 Å². The molecule has 2 amide bonds. The van der Waals surface area contributed by atoms with Crippen LogP contribution in [0.4, 0.5) is 39.9 Å². The number of H-pyrrole nitrogens is 1. The molecule has 1 aliphatic rings. The fraction of sp³-hybridized carbons (Fsp3) is 0.483. The average Bonchev–Trinajstić information content (AvgIpc) is 3.38. The lowest BCUT2D eigenvalue weighted by atomic mass is 9.82. The highest BCUT2D eigenvalue weighted by Crippen LogP contribution is 2.42. The number of nitrogens with zero attached hydrogens (tertiary/aromatic N) is 1. The molecule has 15 heteroatoms. The third kappa shape index (κ3) is 8.82. The molecular weight excluding hydrogens is 604 g/mol.